The molecule has 0 fully saturated rings. The third-order valence-corrected chi connectivity index (χ3v) is 5.64. The van der Waals surface area contributed by atoms with E-state index in [2.05, 4.69) is 10.4 Å². The second kappa shape index (κ2) is 8.89. The molecule has 0 spiro atoms. The fourth-order valence-electron chi connectivity index (χ4n) is 3.05. The Bertz CT molecular complexity index is 1400. The largest absolute Gasteiger partial charge is 0.461 e. The number of carbonyl (C=O) groups excluding carboxylic acids is 2. The van der Waals surface area contributed by atoms with E-state index >= 15 is 0 Å². The summed E-state index contributed by atoms with van der Waals surface area (Å²) in [5.74, 6) is -1.71. The first-order chi connectivity index (χ1) is 15.4. The van der Waals surface area contributed by atoms with Gasteiger partial charge in [0, 0.05) is 21.4 Å². The smallest absolute Gasteiger partial charge is 0.359 e. The molecule has 2 heterocycles. The van der Waals surface area contributed by atoms with Crippen molar-refractivity contribution in [2.75, 3.05) is 11.9 Å². The Morgan fingerprint density at radius 3 is 2.66 bits per heavy atom. The number of carbonyl (C=O) groups is 2. The number of benzene rings is 2. The van der Waals surface area contributed by atoms with Crippen LogP contribution in [-0.4, -0.2) is 28.3 Å². The van der Waals surface area contributed by atoms with Crippen LogP contribution in [0.15, 0.2) is 58.7 Å². The SMILES string of the molecule is CCOC(=O)c1nn(-c2cccc(Cl)c2)c(=O)c2c(NC(=O)c3ccc(F)cc3)scc12. The molecule has 0 aliphatic rings. The highest BCUT2D eigenvalue weighted by molar-refractivity contribution is 7.16. The summed E-state index contributed by atoms with van der Waals surface area (Å²) in [5, 5.41) is 9.40. The molecule has 2 aromatic carbocycles. The van der Waals surface area contributed by atoms with E-state index < -0.39 is 23.3 Å². The number of amides is 1. The second-order valence-corrected chi connectivity index (χ2v) is 7.90. The molecule has 4 aromatic rings. The summed E-state index contributed by atoms with van der Waals surface area (Å²) in [4.78, 5) is 38.5. The van der Waals surface area contributed by atoms with E-state index in [1.807, 2.05) is 0 Å². The number of hydrogen-bond acceptors (Lipinski definition) is 6. The van der Waals surface area contributed by atoms with E-state index in [1.54, 1.807) is 30.5 Å². The summed E-state index contributed by atoms with van der Waals surface area (Å²) in [7, 11) is 0. The van der Waals surface area contributed by atoms with Gasteiger partial charge in [0.05, 0.1) is 17.7 Å². The highest BCUT2D eigenvalue weighted by atomic mass is 35.5. The third-order valence-electron chi connectivity index (χ3n) is 4.51. The first-order valence-corrected chi connectivity index (χ1v) is 10.7. The van der Waals surface area contributed by atoms with Crippen molar-refractivity contribution in [3.05, 3.63) is 86.4 Å². The van der Waals surface area contributed by atoms with Crippen molar-refractivity contribution in [3.63, 3.8) is 0 Å². The van der Waals surface area contributed by atoms with E-state index in [9.17, 15) is 18.8 Å². The number of hydrogen-bond donors (Lipinski definition) is 1. The van der Waals surface area contributed by atoms with Gasteiger partial charge in [0.2, 0.25) is 0 Å². The lowest BCUT2D eigenvalue weighted by Crippen LogP contribution is -2.25. The minimum absolute atomic E-state index is 0.0695. The van der Waals surface area contributed by atoms with Crippen molar-refractivity contribution < 1.29 is 18.7 Å². The molecule has 1 amide bonds. The quantitative estimate of drug-likeness (QED) is 0.427. The summed E-state index contributed by atoms with van der Waals surface area (Å²) in [6, 6.07) is 11.4. The van der Waals surface area contributed by atoms with Crippen molar-refractivity contribution >= 4 is 50.6 Å². The molecule has 0 saturated carbocycles. The van der Waals surface area contributed by atoms with Crippen LogP contribution in [0.1, 0.15) is 27.8 Å². The lowest BCUT2D eigenvalue weighted by Gasteiger charge is -2.10. The number of thiophene rings is 1. The van der Waals surface area contributed by atoms with Gasteiger partial charge < -0.3 is 10.1 Å². The molecule has 0 unspecified atom stereocenters. The molecule has 0 aliphatic heterocycles. The Balaban J connectivity index is 1.88. The number of esters is 1. The molecule has 7 nitrogen and oxygen atoms in total. The zero-order valence-corrected chi connectivity index (χ0v) is 18.2. The van der Waals surface area contributed by atoms with Crippen molar-refractivity contribution in [1.29, 1.82) is 0 Å². The number of aromatic nitrogens is 2. The van der Waals surface area contributed by atoms with E-state index in [0.29, 0.717) is 10.7 Å². The van der Waals surface area contributed by atoms with Crippen molar-refractivity contribution in [2.24, 2.45) is 0 Å². The Morgan fingerprint density at radius 1 is 1.22 bits per heavy atom. The number of anilines is 1. The predicted octanol–water partition coefficient (Wildman–Crippen LogP) is 4.67. The Hall–Kier alpha value is -3.56. The zero-order chi connectivity index (χ0) is 22.8. The monoisotopic (exact) mass is 471 g/mol. The van der Waals surface area contributed by atoms with Crippen LogP contribution in [0.5, 0.6) is 0 Å². The van der Waals surface area contributed by atoms with Crippen LogP contribution in [0.25, 0.3) is 16.5 Å². The van der Waals surface area contributed by atoms with Gasteiger partial charge in [0.15, 0.2) is 5.69 Å². The third kappa shape index (κ3) is 4.12. The summed E-state index contributed by atoms with van der Waals surface area (Å²) in [5.41, 5.74) is -0.0642. The van der Waals surface area contributed by atoms with E-state index in [1.165, 1.54) is 18.2 Å². The molecule has 2 aromatic heterocycles. The lowest BCUT2D eigenvalue weighted by atomic mass is 10.2. The van der Waals surface area contributed by atoms with E-state index in [4.69, 9.17) is 16.3 Å². The first-order valence-electron chi connectivity index (χ1n) is 9.43. The van der Waals surface area contributed by atoms with Crippen LogP contribution in [0.2, 0.25) is 5.02 Å². The number of fused-ring (bicyclic) bond motifs is 1. The van der Waals surface area contributed by atoms with Gasteiger partial charge in [0.25, 0.3) is 11.5 Å². The van der Waals surface area contributed by atoms with E-state index in [0.717, 1.165) is 28.2 Å². The summed E-state index contributed by atoms with van der Waals surface area (Å²) >= 11 is 7.13. The summed E-state index contributed by atoms with van der Waals surface area (Å²) in [6.45, 7) is 1.78. The minimum Gasteiger partial charge on any atom is -0.461 e. The van der Waals surface area contributed by atoms with Crippen LogP contribution >= 0.6 is 22.9 Å². The fraction of sp³-hybridized carbons (Fsp3) is 0.0909. The number of halogens is 2. The molecule has 10 heteroatoms. The average Bonchev–Trinajstić information content (AvgIpc) is 3.18. The number of ether oxygens (including phenoxy) is 1. The molecule has 0 saturated heterocycles. The van der Waals surface area contributed by atoms with Crippen LogP contribution in [-0.2, 0) is 4.74 Å². The standard InChI is InChI=1S/C22H15ClFN3O4S/c1-2-31-22(30)18-16-11-32-20(25-19(28)12-6-8-14(24)9-7-12)17(16)21(29)27(26-18)15-5-3-4-13(23)10-15/h3-11H,2H2,1H3,(H,25,28). The highest BCUT2D eigenvalue weighted by Crippen LogP contribution is 2.31. The van der Waals surface area contributed by atoms with Gasteiger partial charge >= 0.3 is 5.97 Å². The maximum atomic E-state index is 13.3. The zero-order valence-electron chi connectivity index (χ0n) is 16.6. The Morgan fingerprint density at radius 2 is 1.97 bits per heavy atom. The molecule has 0 aliphatic carbocycles. The fourth-order valence-corrected chi connectivity index (χ4v) is 4.17. The molecule has 4 rings (SSSR count). The topological polar surface area (TPSA) is 90.3 Å². The van der Waals surface area contributed by atoms with Gasteiger partial charge in [-0.1, -0.05) is 17.7 Å². The summed E-state index contributed by atoms with van der Waals surface area (Å²) in [6.07, 6.45) is 0. The van der Waals surface area contributed by atoms with Crippen molar-refractivity contribution in [3.8, 4) is 5.69 Å². The molecule has 0 atom stereocenters. The highest BCUT2D eigenvalue weighted by Gasteiger charge is 2.23. The van der Waals surface area contributed by atoms with Crippen LogP contribution in [0.4, 0.5) is 9.39 Å². The molecular formula is C22H15ClFN3O4S. The second-order valence-electron chi connectivity index (χ2n) is 6.58. The lowest BCUT2D eigenvalue weighted by molar-refractivity contribution is 0.0520. The minimum atomic E-state index is -0.706. The van der Waals surface area contributed by atoms with Gasteiger partial charge in [-0.25, -0.2) is 9.18 Å². The van der Waals surface area contributed by atoms with Crippen molar-refractivity contribution in [1.82, 2.24) is 9.78 Å². The number of nitrogens with zero attached hydrogens (tertiary/aromatic N) is 2. The number of nitrogens with one attached hydrogen (secondary N) is 1. The summed E-state index contributed by atoms with van der Waals surface area (Å²) < 4.78 is 19.3. The Kier molecular flexibility index (Phi) is 6.02. The van der Waals surface area contributed by atoms with Crippen LogP contribution in [0.3, 0.4) is 0 Å². The first kappa shape index (κ1) is 21.7. The normalized spacial score (nSPS) is 10.8. The maximum absolute atomic E-state index is 13.3. The van der Waals surface area contributed by atoms with Crippen LogP contribution < -0.4 is 10.9 Å². The van der Waals surface area contributed by atoms with Gasteiger partial charge in [-0.2, -0.15) is 9.78 Å². The van der Waals surface area contributed by atoms with Gasteiger partial charge in [0.1, 0.15) is 10.8 Å². The van der Waals surface area contributed by atoms with Crippen LogP contribution in [0, 0.1) is 5.82 Å². The van der Waals surface area contributed by atoms with Gasteiger partial charge in [-0.15, -0.1) is 11.3 Å². The molecule has 162 valence electrons. The molecule has 1 N–H and O–H groups in total. The molecule has 32 heavy (non-hydrogen) atoms. The maximum Gasteiger partial charge on any atom is 0.359 e. The average molecular weight is 472 g/mol. The van der Waals surface area contributed by atoms with Crippen molar-refractivity contribution in [2.45, 2.75) is 6.92 Å². The predicted molar refractivity (Wildman–Crippen MR) is 121 cm³/mol. The molecular weight excluding hydrogens is 457 g/mol. The van der Waals surface area contributed by atoms with Gasteiger partial charge in [-0.3, -0.25) is 9.59 Å². The molecule has 0 bridgehead atoms. The Labute approximate surface area is 190 Å². The molecule has 0 radical (unpaired) electrons. The number of rotatable bonds is 5. The van der Waals surface area contributed by atoms with Gasteiger partial charge in [-0.05, 0) is 49.4 Å². The van der Waals surface area contributed by atoms with E-state index in [-0.39, 0.29) is 33.6 Å².